The van der Waals surface area contributed by atoms with Gasteiger partial charge in [0.15, 0.2) is 0 Å². The molecular formula is C25H19ClN4O4. The van der Waals surface area contributed by atoms with Gasteiger partial charge in [0.1, 0.15) is 23.6 Å². The van der Waals surface area contributed by atoms with Crippen LogP contribution in [0.3, 0.4) is 0 Å². The molecule has 0 aliphatic carbocycles. The number of urea groups is 1. The van der Waals surface area contributed by atoms with Crippen molar-refractivity contribution in [2.75, 3.05) is 11.9 Å². The fraction of sp³-hybridized carbons (Fsp3) is 0.120. The molecule has 0 spiro atoms. The van der Waals surface area contributed by atoms with E-state index < -0.39 is 29.9 Å². The van der Waals surface area contributed by atoms with E-state index in [-0.39, 0.29) is 0 Å². The molecule has 1 aliphatic heterocycles. The molecule has 4 rings (SSSR count). The second-order valence-corrected chi connectivity index (χ2v) is 8.15. The average Bonchev–Trinajstić information content (AvgIpc) is 3.05. The fourth-order valence-electron chi connectivity index (χ4n) is 3.52. The smallest absolute Gasteiger partial charge is 0.325 e. The number of carbonyl (C=O) groups is 3. The van der Waals surface area contributed by atoms with E-state index in [0.717, 1.165) is 4.90 Å². The minimum atomic E-state index is -1.33. The van der Waals surface area contributed by atoms with Gasteiger partial charge in [-0.25, -0.2) is 4.79 Å². The van der Waals surface area contributed by atoms with E-state index in [1.165, 1.54) is 0 Å². The van der Waals surface area contributed by atoms with Gasteiger partial charge in [-0.3, -0.25) is 14.5 Å². The van der Waals surface area contributed by atoms with E-state index in [0.29, 0.717) is 33.3 Å². The number of rotatable bonds is 6. The van der Waals surface area contributed by atoms with Crippen LogP contribution in [-0.2, 0) is 15.1 Å². The van der Waals surface area contributed by atoms with E-state index in [4.69, 9.17) is 21.6 Å². The number of ether oxygens (including phenoxy) is 1. The lowest BCUT2D eigenvalue weighted by Crippen LogP contribution is -2.42. The van der Waals surface area contributed by atoms with Crippen LogP contribution in [0.15, 0.2) is 72.8 Å². The zero-order valence-electron chi connectivity index (χ0n) is 18.0. The Bertz CT molecular complexity index is 1300. The van der Waals surface area contributed by atoms with Crippen molar-refractivity contribution >= 4 is 35.1 Å². The molecule has 0 aromatic heterocycles. The van der Waals surface area contributed by atoms with Crippen molar-refractivity contribution in [2.45, 2.75) is 12.5 Å². The molecule has 0 radical (unpaired) electrons. The summed E-state index contributed by atoms with van der Waals surface area (Å²) in [6, 6.07) is 21.3. The van der Waals surface area contributed by atoms with Crippen LogP contribution < -0.4 is 15.4 Å². The number of amides is 4. The van der Waals surface area contributed by atoms with Crippen LogP contribution in [-0.4, -0.2) is 29.3 Å². The minimum Gasteiger partial charge on any atom is -0.456 e. The van der Waals surface area contributed by atoms with Gasteiger partial charge in [0.25, 0.3) is 5.91 Å². The Labute approximate surface area is 200 Å². The summed E-state index contributed by atoms with van der Waals surface area (Å²) in [5.74, 6) is -0.0589. The first kappa shape index (κ1) is 22.8. The number of nitrogens with zero attached hydrogens (tertiary/aromatic N) is 2. The Hall–Kier alpha value is -4.35. The predicted octanol–water partition coefficient (Wildman–Crippen LogP) is 4.41. The lowest BCUT2D eigenvalue weighted by atomic mass is 9.91. The van der Waals surface area contributed by atoms with Gasteiger partial charge in [-0.15, -0.1) is 0 Å². The quantitative estimate of drug-likeness (QED) is 0.514. The maximum Gasteiger partial charge on any atom is 0.325 e. The topological polar surface area (TPSA) is 112 Å². The van der Waals surface area contributed by atoms with E-state index in [1.807, 2.05) is 6.07 Å². The number of nitrogens with one attached hydrogen (secondary N) is 2. The van der Waals surface area contributed by atoms with Crippen LogP contribution >= 0.6 is 11.6 Å². The second-order valence-electron chi connectivity index (χ2n) is 7.74. The summed E-state index contributed by atoms with van der Waals surface area (Å²) in [5.41, 5.74) is 0.0900. The zero-order valence-corrected chi connectivity index (χ0v) is 18.8. The highest BCUT2D eigenvalue weighted by Crippen LogP contribution is 2.30. The zero-order chi connectivity index (χ0) is 24.3. The number of para-hydroxylation sites is 1. The third-order valence-corrected chi connectivity index (χ3v) is 5.68. The predicted molar refractivity (Wildman–Crippen MR) is 125 cm³/mol. The molecule has 1 saturated heterocycles. The summed E-state index contributed by atoms with van der Waals surface area (Å²) in [4.78, 5) is 38.9. The summed E-state index contributed by atoms with van der Waals surface area (Å²) < 4.78 is 5.72. The SMILES string of the molecule is CC1(c2ccc(C#N)cc2)NC(=O)N(CC(=O)Nc2ccc(Oc3ccccc3Cl)cc2)C1=O. The monoisotopic (exact) mass is 474 g/mol. The molecule has 170 valence electrons. The molecule has 1 fully saturated rings. The Morgan fingerprint density at radius 3 is 2.41 bits per heavy atom. The number of carbonyl (C=O) groups excluding carboxylic acids is 3. The van der Waals surface area contributed by atoms with Crippen molar-refractivity contribution in [1.29, 1.82) is 5.26 Å². The fourth-order valence-corrected chi connectivity index (χ4v) is 3.69. The molecule has 3 aromatic rings. The van der Waals surface area contributed by atoms with Crippen molar-refractivity contribution in [2.24, 2.45) is 0 Å². The van der Waals surface area contributed by atoms with E-state index in [9.17, 15) is 14.4 Å². The van der Waals surface area contributed by atoms with Crippen molar-refractivity contribution in [3.8, 4) is 17.6 Å². The van der Waals surface area contributed by atoms with Crippen molar-refractivity contribution in [3.63, 3.8) is 0 Å². The summed E-state index contributed by atoms with van der Waals surface area (Å²) in [6.07, 6.45) is 0. The first-order valence-electron chi connectivity index (χ1n) is 10.3. The second kappa shape index (κ2) is 9.25. The lowest BCUT2D eigenvalue weighted by Gasteiger charge is -2.22. The molecule has 9 heteroatoms. The molecule has 2 N–H and O–H groups in total. The van der Waals surface area contributed by atoms with Crippen molar-refractivity contribution in [1.82, 2.24) is 10.2 Å². The van der Waals surface area contributed by atoms with Gasteiger partial charge in [-0.1, -0.05) is 35.9 Å². The van der Waals surface area contributed by atoms with Gasteiger partial charge in [0.2, 0.25) is 5.91 Å². The number of anilines is 1. The highest BCUT2D eigenvalue weighted by molar-refractivity contribution is 6.32. The number of imide groups is 1. The first-order chi connectivity index (χ1) is 16.3. The van der Waals surface area contributed by atoms with Crippen molar-refractivity contribution in [3.05, 3.63) is 88.9 Å². The number of halogens is 1. The van der Waals surface area contributed by atoms with Gasteiger partial charge in [0.05, 0.1) is 16.7 Å². The summed E-state index contributed by atoms with van der Waals surface area (Å²) in [5, 5.41) is 14.7. The average molecular weight is 475 g/mol. The molecule has 4 amide bonds. The maximum atomic E-state index is 13.0. The summed E-state index contributed by atoms with van der Waals surface area (Å²) >= 11 is 6.09. The number of hydrogen-bond acceptors (Lipinski definition) is 5. The van der Waals surface area contributed by atoms with E-state index in [1.54, 1.807) is 79.7 Å². The molecule has 1 atom stereocenters. The third kappa shape index (κ3) is 4.56. The van der Waals surface area contributed by atoms with Crippen LogP contribution in [0.5, 0.6) is 11.5 Å². The van der Waals surface area contributed by atoms with Crippen LogP contribution in [0, 0.1) is 11.3 Å². The molecular weight excluding hydrogens is 456 g/mol. The molecule has 1 heterocycles. The number of hydrogen-bond donors (Lipinski definition) is 2. The highest BCUT2D eigenvalue weighted by Gasteiger charge is 2.49. The van der Waals surface area contributed by atoms with Gasteiger partial charge in [-0.05, 0) is 61.0 Å². The normalized spacial score (nSPS) is 17.1. The van der Waals surface area contributed by atoms with Crippen LogP contribution in [0.2, 0.25) is 5.02 Å². The molecule has 34 heavy (non-hydrogen) atoms. The summed E-state index contributed by atoms with van der Waals surface area (Å²) in [7, 11) is 0. The lowest BCUT2D eigenvalue weighted by molar-refractivity contribution is -0.133. The summed E-state index contributed by atoms with van der Waals surface area (Å²) in [6.45, 7) is 1.11. The van der Waals surface area contributed by atoms with Gasteiger partial charge in [-0.2, -0.15) is 5.26 Å². The maximum absolute atomic E-state index is 13.0. The Morgan fingerprint density at radius 2 is 1.76 bits per heavy atom. The molecule has 0 bridgehead atoms. The third-order valence-electron chi connectivity index (χ3n) is 5.37. The molecule has 0 saturated carbocycles. The Balaban J connectivity index is 1.39. The van der Waals surface area contributed by atoms with E-state index in [2.05, 4.69) is 10.6 Å². The molecule has 3 aromatic carbocycles. The van der Waals surface area contributed by atoms with Crippen LogP contribution in [0.25, 0.3) is 0 Å². The standard InChI is InChI=1S/C25H19ClN4O4/c1-25(17-8-6-16(14-27)7-9-17)23(32)30(24(33)29-25)15-22(31)28-18-10-12-19(13-11-18)34-21-5-3-2-4-20(21)26/h2-13H,15H2,1H3,(H,28,31)(H,29,33). The number of nitriles is 1. The molecule has 8 nitrogen and oxygen atoms in total. The molecule has 1 aliphatic rings. The van der Waals surface area contributed by atoms with E-state index >= 15 is 0 Å². The first-order valence-corrected chi connectivity index (χ1v) is 10.6. The van der Waals surface area contributed by atoms with Crippen LogP contribution in [0.4, 0.5) is 10.5 Å². The van der Waals surface area contributed by atoms with Crippen LogP contribution in [0.1, 0.15) is 18.1 Å². The largest absolute Gasteiger partial charge is 0.456 e. The molecule has 1 unspecified atom stereocenters. The number of benzene rings is 3. The highest BCUT2D eigenvalue weighted by atomic mass is 35.5. The minimum absolute atomic E-state index is 0.434. The van der Waals surface area contributed by atoms with Gasteiger partial charge in [0, 0.05) is 5.69 Å². The Morgan fingerprint density at radius 1 is 1.09 bits per heavy atom. The van der Waals surface area contributed by atoms with Crippen molar-refractivity contribution < 1.29 is 19.1 Å². The Kier molecular flexibility index (Phi) is 6.21. The van der Waals surface area contributed by atoms with Gasteiger partial charge >= 0.3 is 6.03 Å². The van der Waals surface area contributed by atoms with Gasteiger partial charge < -0.3 is 15.4 Å².